The molecule has 6 nitrogen and oxygen atoms in total. The normalized spacial score (nSPS) is 12.0. The standard InChI is InChI=1S/C20H22FN5OS/c1-12-8-9-15(10-13(12)2)14(3)23-18(27)11-28-20-25-24-19(26(20)22)16-6-4-5-7-17(16)21/h4-10,14H,11,22H2,1-3H3,(H,23,27)/t14-/m1/s1. The molecule has 0 bridgehead atoms. The van der Waals surface area contributed by atoms with Gasteiger partial charge in [-0.2, -0.15) is 0 Å². The minimum Gasteiger partial charge on any atom is -0.349 e. The Morgan fingerprint density at radius 2 is 1.96 bits per heavy atom. The largest absolute Gasteiger partial charge is 0.349 e. The summed E-state index contributed by atoms with van der Waals surface area (Å²) in [5, 5.41) is 11.2. The van der Waals surface area contributed by atoms with Gasteiger partial charge in [0, 0.05) is 0 Å². The Balaban J connectivity index is 1.62. The molecule has 1 aromatic heterocycles. The van der Waals surface area contributed by atoms with Gasteiger partial charge in [-0.15, -0.1) is 10.2 Å². The van der Waals surface area contributed by atoms with Crippen LogP contribution in [0.2, 0.25) is 0 Å². The van der Waals surface area contributed by atoms with Crippen molar-refractivity contribution in [2.75, 3.05) is 11.6 Å². The zero-order chi connectivity index (χ0) is 20.3. The molecule has 3 rings (SSSR count). The van der Waals surface area contributed by atoms with Crippen LogP contribution >= 0.6 is 11.8 Å². The molecule has 0 spiro atoms. The van der Waals surface area contributed by atoms with Crippen LogP contribution in [0.1, 0.15) is 29.7 Å². The number of thioether (sulfide) groups is 1. The van der Waals surface area contributed by atoms with Gasteiger partial charge in [0.05, 0.1) is 17.4 Å². The molecule has 3 aromatic rings. The Morgan fingerprint density at radius 1 is 1.21 bits per heavy atom. The smallest absolute Gasteiger partial charge is 0.230 e. The third kappa shape index (κ3) is 4.33. The highest BCUT2D eigenvalue weighted by atomic mass is 32.2. The molecule has 0 aliphatic heterocycles. The first kappa shape index (κ1) is 19.9. The highest BCUT2D eigenvalue weighted by Crippen LogP contribution is 2.24. The van der Waals surface area contributed by atoms with Crippen molar-refractivity contribution in [2.45, 2.75) is 32.0 Å². The number of hydrogen-bond acceptors (Lipinski definition) is 5. The molecule has 28 heavy (non-hydrogen) atoms. The lowest BCUT2D eigenvalue weighted by atomic mass is 10.0. The summed E-state index contributed by atoms with van der Waals surface area (Å²) in [6, 6.07) is 12.2. The minimum atomic E-state index is -0.432. The molecule has 1 amide bonds. The highest BCUT2D eigenvalue weighted by Gasteiger charge is 2.17. The van der Waals surface area contributed by atoms with Crippen molar-refractivity contribution in [3.8, 4) is 11.4 Å². The van der Waals surface area contributed by atoms with Crippen molar-refractivity contribution >= 4 is 17.7 Å². The van der Waals surface area contributed by atoms with E-state index < -0.39 is 5.82 Å². The van der Waals surface area contributed by atoms with E-state index >= 15 is 0 Å². The molecule has 0 aliphatic rings. The van der Waals surface area contributed by atoms with Crippen LogP contribution < -0.4 is 11.2 Å². The van der Waals surface area contributed by atoms with Gasteiger partial charge in [0.25, 0.3) is 0 Å². The number of aromatic nitrogens is 3. The van der Waals surface area contributed by atoms with Crippen LogP contribution in [0.4, 0.5) is 4.39 Å². The summed E-state index contributed by atoms with van der Waals surface area (Å²) in [5.41, 5.74) is 3.71. The molecule has 0 unspecified atom stereocenters. The van der Waals surface area contributed by atoms with E-state index in [2.05, 4.69) is 28.5 Å². The monoisotopic (exact) mass is 399 g/mol. The number of rotatable bonds is 6. The number of nitrogens with one attached hydrogen (secondary N) is 1. The van der Waals surface area contributed by atoms with E-state index in [1.54, 1.807) is 18.2 Å². The Bertz CT molecular complexity index is 1000. The quantitative estimate of drug-likeness (QED) is 0.490. The summed E-state index contributed by atoms with van der Waals surface area (Å²) >= 11 is 1.15. The van der Waals surface area contributed by atoms with Gasteiger partial charge in [-0.05, 0) is 49.6 Å². The van der Waals surface area contributed by atoms with Crippen molar-refractivity contribution in [3.63, 3.8) is 0 Å². The Morgan fingerprint density at radius 3 is 2.68 bits per heavy atom. The van der Waals surface area contributed by atoms with Crippen molar-refractivity contribution in [1.29, 1.82) is 0 Å². The predicted molar refractivity (Wildman–Crippen MR) is 109 cm³/mol. The Kier molecular flexibility index (Phi) is 5.99. The Labute approximate surface area is 167 Å². The molecule has 8 heteroatoms. The van der Waals surface area contributed by atoms with Gasteiger partial charge in [-0.25, -0.2) is 9.07 Å². The van der Waals surface area contributed by atoms with E-state index in [1.165, 1.54) is 21.9 Å². The van der Waals surface area contributed by atoms with Gasteiger partial charge >= 0.3 is 0 Å². The second-order valence-electron chi connectivity index (χ2n) is 6.58. The van der Waals surface area contributed by atoms with Crippen LogP contribution in [-0.2, 0) is 4.79 Å². The maximum absolute atomic E-state index is 13.9. The third-order valence-corrected chi connectivity index (χ3v) is 5.46. The molecule has 0 saturated heterocycles. The second-order valence-corrected chi connectivity index (χ2v) is 7.52. The average Bonchev–Trinajstić information content (AvgIpc) is 3.03. The molecule has 3 N–H and O–H groups in total. The molecular formula is C20H22FN5OS. The maximum Gasteiger partial charge on any atom is 0.230 e. The van der Waals surface area contributed by atoms with Gasteiger partial charge in [0.2, 0.25) is 11.1 Å². The number of nitrogens with zero attached hydrogens (tertiary/aromatic N) is 3. The number of hydrogen-bond donors (Lipinski definition) is 2. The summed E-state index contributed by atoms with van der Waals surface area (Å²) in [6.07, 6.45) is 0. The SMILES string of the molecule is Cc1ccc([C@@H](C)NC(=O)CSc2nnc(-c3ccccc3F)n2N)cc1C. The molecule has 0 radical (unpaired) electrons. The van der Waals surface area contributed by atoms with Crippen molar-refractivity contribution in [2.24, 2.45) is 0 Å². The van der Waals surface area contributed by atoms with E-state index in [0.29, 0.717) is 5.16 Å². The first-order valence-electron chi connectivity index (χ1n) is 8.81. The first-order chi connectivity index (χ1) is 13.4. The van der Waals surface area contributed by atoms with Crippen molar-refractivity contribution in [1.82, 2.24) is 20.2 Å². The lowest BCUT2D eigenvalue weighted by molar-refractivity contribution is -0.119. The zero-order valence-electron chi connectivity index (χ0n) is 15.9. The van der Waals surface area contributed by atoms with E-state index in [1.807, 2.05) is 26.0 Å². The molecule has 146 valence electrons. The van der Waals surface area contributed by atoms with Gasteiger partial charge in [0.1, 0.15) is 5.82 Å². The molecule has 0 saturated carbocycles. The summed E-state index contributed by atoms with van der Waals surface area (Å²) in [6.45, 7) is 6.04. The van der Waals surface area contributed by atoms with Crippen LogP contribution in [0.25, 0.3) is 11.4 Å². The molecule has 1 atom stereocenters. The van der Waals surface area contributed by atoms with Crippen LogP contribution in [0.3, 0.4) is 0 Å². The summed E-state index contributed by atoms with van der Waals surface area (Å²) < 4.78 is 15.1. The van der Waals surface area contributed by atoms with Crippen LogP contribution in [0.15, 0.2) is 47.6 Å². The average molecular weight is 399 g/mol. The van der Waals surface area contributed by atoms with Crippen LogP contribution in [0.5, 0.6) is 0 Å². The van der Waals surface area contributed by atoms with Crippen molar-refractivity contribution < 1.29 is 9.18 Å². The number of aryl methyl sites for hydroxylation is 2. The fourth-order valence-corrected chi connectivity index (χ4v) is 3.40. The number of nitrogen functional groups attached to an aromatic ring is 1. The number of carbonyl (C=O) groups is 1. The minimum absolute atomic E-state index is 0.114. The summed E-state index contributed by atoms with van der Waals surface area (Å²) in [4.78, 5) is 12.3. The van der Waals surface area contributed by atoms with E-state index in [0.717, 1.165) is 17.3 Å². The highest BCUT2D eigenvalue weighted by molar-refractivity contribution is 7.99. The number of halogens is 1. The third-order valence-electron chi connectivity index (χ3n) is 4.52. The van der Waals surface area contributed by atoms with Crippen molar-refractivity contribution in [3.05, 3.63) is 65.0 Å². The second kappa shape index (κ2) is 8.43. The maximum atomic E-state index is 13.9. The van der Waals surface area contributed by atoms with Gasteiger partial charge in [0.15, 0.2) is 5.82 Å². The predicted octanol–water partition coefficient (Wildman–Crippen LogP) is 3.38. The molecule has 0 fully saturated rings. The number of benzene rings is 2. The fourth-order valence-electron chi connectivity index (χ4n) is 2.73. The fraction of sp³-hybridized carbons (Fsp3) is 0.250. The molecule has 2 aromatic carbocycles. The van der Waals surface area contributed by atoms with E-state index in [4.69, 9.17) is 5.84 Å². The van der Waals surface area contributed by atoms with E-state index in [-0.39, 0.29) is 29.1 Å². The number of amides is 1. The van der Waals surface area contributed by atoms with Crippen LogP contribution in [0, 0.1) is 19.7 Å². The summed E-state index contributed by atoms with van der Waals surface area (Å²) in [7, 11) is 0. The molecular weight excluding hydrogens is 377 g/mol. The lowest BCUT2D eigenvalue weighted by Crippen LogP contribution is -2.28. The molecule has 1 heterocycles. The zero-order valence-corrected chi connectivity index (χ0v) is 16.8. The number of nitrogens with two attached hydrogens (primary N) is 1. The van der Waals surface area contributed by atoms with E-state index in [9.17, 15) is 9.18 Å². The van der Waals surface area contributed by atoms with Gasteiger partial charge in [-0.1, -0.05) is 42.1 Å². The topological polar surface area (TPSA) is 85.8 Å². The first-order valence-corrected chi connectivity index (χ1v) is 9.80. The number of carbonyl (C=O) groups excluding carboxylic acids is 1. The van der Waals surface area contributed by atoms with Crippen LogP contribution in [-0.4, -0.2) is 26.5 Å². The van der Waals surface area contributed by atoms with Gasteiger partial charge in [-0.3, -0.25) is 4.79 Å². The summed E-state index contributed by atoms with van der Waals surface area (Å²) in [5.74, 6) is 5.75. The molecule has 0 aliphatic carbocycles. The van der Waals surface area contributed by atoms with Gasteiger partial charge < -0.3 is 11.2 Å². The lowest BCUT2D eigenvalue weighted by Gasteiger charge is -2.15. The Hall–Kier alpha value is -2.87.